The number of nitrogens with zero attached hydrogens (tertiary/aromatic N) is 2. The Morgan fingerprint density at radius 3 is 2.22 bits per heavy atom. The van der Waals surface area contributed by atoms with Crippen LogP contribution >= 0.6 is 0 Å². The summed E-state index contributed by atoms with van der Waals surface area (Å²) in [5.74, 6) is -0.759. The van der Waals surface area contributed by atoms with Crippen molar-refractivity contribution in [2.24, 2.45) is 5.73 Å². The Bertz CT molecular complexity index is 796. The molecule has 0 atom stereocenters. The molecule has 1 heterocycles. The lowest BCUT2D eigenvalue weighted by Gasteiger charge is -2.11. The number of halogens is 3. The van der Waals surface area contributed by atoms with Gasteiger partial charge >= 0.3 is 6.18 Å². The van der Waals surface area contributed by atoms with E-state index in [2.05, 4.69) is 0 Å². The highest BCUT2D eigenvalue weighted by Gasteiger charge is 2.40. The van der Waals surface area contributed by atoms with Gasteiger partial charge in [-0.1, -0.05) is 0 Å². The van der Waals surface area contributed by atoms with Gasteiger partial charge in [-0.2, -0.15) is 18.4 Å². The molecular formula is C16H14F3N3O. The third-order valence-electron chi connectivity index (χ3n) is 3.65. The maximum atomic E-state index is 13.4. The van der Waals surface area contributed by atoms with Gasteiger partial charge in [0.1, 0.15) is 0 Å². The molecule has 23 heavy (non-hydrogen) atoms. The van der Waals surface area contributed by atoms with Gasteiger partial charge in [0.15, 0.2) is 5.78 Å². The third-order valence-corrected chi connectivity index (χ3v) is 3.65. The number of aromatic nitrogens is 1. The first-order chi connectivity index (χ1) is 10.7. The fourth-order valence-corrected chi connectivity index (χ4v) is 2.70. The summed E-state index contributed by atoms with van der Waals surface area (Å²) in [5.41, 5.74) is 4.82. The molecule has 0 unspecified atom stereocenters. The van der Waals surface area contributed by atoms with Crippen LogP contribution in [0.15, 0.2) is 24.3 Å². The molecule has 0 aliphatic carbocycles. The number of ketones is 1. The maximum absolute atomic E-state index is 13.4. The molecular weight excluding hydrogens is 307 g/mol. The lowest BCUT2D eigenvalue weighted by atomic mass is 10.0. The van der Waals surface area contributed by atoms with Crippen molar-refractivity contribution in [2.45, 2.75) is 20.0 Å². The lowest BCUT2D eigenvalue weighted by Crippen LogP contribution is -2.19. The number of Topliss-reactive ketones (excluding diaryl/α,β-unsaturated/α-hetero) is 1. The van der Waals surface area contributed by atoms with Crippen molar-refractivity contribution >= 4 is 5.78 Å². The van der Waals surface area contributed by atoms with E-state index in [-0.39, 0.29) is 11.4 Å². The van der Waals surface area contributed by atoms with Crippen LogP contribution in [0.4, 0.5) is 13.2 Å². The molecule has 0 aliphatic rings. The molecule has 2 aromatic rings. The molecule has 0 fully saturated rings. The molecule has 0 amide bonds. The van der Waals surface area contributed by atoms with Crippen molar-refractivity contribution < 1.29 is 18.0 Å². The lowest BCUT2D eigenvalue weighted by molar-refractivity contribution is -0.138. The average molecular weight is 321 g/mol. The van der Waals surface area contributed by atoms with E-state index in [1.54, 1.807) is 0 Å². The third kappa shape index (κ3) is 2.85. The van der Waals surface area contributed by atoms with E-state index in [0.29, 0.717) is 11.3 Å². The van der Waals surface area contributed by atoms with Gasteiger partial charge in [0.2, 0.25) is 0 Å². The minimum absolute atomic E-state index is 0.0866. The number of carbonyl (C=O) groups excluding carboxylic acids is 1. The van der Waals surface area contributed by atoms with Crippen LogP contribution in [-0.2, 0) is 6.18 Å². The number of alkyl halides is 3. The van der Waals surface area contributed by atoms with Crippen LogP contribution < -0.4 is 5.73 Å². The SMILES string of the molecule is Cc1c(C(=O)CN)c(C(F)(F)F)c(C)n1-c1ccc(C#N)cc1. The highest BCUT2D eigenvalue weighted by atomic mass is 19.4. The summed E-state index contributed by atoms with van der Waals surface area (Å²) < 4.78 is 41.5. The van der Waals surface area contributed by atoms with Gasteiger partial charge in [-0.3, -0.25) is 4.79 Å². The van der Waals surface area contributed by atoms with E-state index in [9.17, 15) is 18.0 Å². The average Bonchev–Trinajstić information content (AvgIpc) is 2.77. The Kier molecular flexibility index (Phi) is 4.30. The molecule has 0 spiro atoms. The molecule has 0 saturated heterocycles. The van der Waals surface area contributed by atoms with Gasteiger partial charge in [0, 0.05) is 17.1 Å². The monoisotopic (exact) mass is 321 g/mol. The Hall–Kier alpha value is -2.59. The fraction of sp³-hybridized carbons (Fsp3) is 0.250. The van der Waals surface area contributed by atoms with Gasteiger partial charge in [-0.05, 0) is 38.1 Å². The first-order valence-electron chi connectivity index (χ1n) is 6.75. The molecule has 2 N–H and O–H groups in total. The zero-order valence-corrected chi connectivity index (χ0v) is 12.5. The summed E-state index contributed by atoms with van der Waals surface area (Å²) in [6, 6.07) is 8.03. The summed E-state index contributed by atoms with van der Waals surface area (Å²) in [6.45, 7) is 2.26. The fourth-order valence-electron chi connectivity index (χ4n) is 2.70. The van der Waals surface area contributed by atoms with E-state index in [4.69, 9.17) is 11.0 Å². The molecule has 7 heteroatoms. The minimum Gasteiger partial charge on any atom is -0.324 e. The van der Waals surface area contributed by atoms with Crippen LogP contribution in [0, 0.1) is 25.2 Å². The number of nitrogens with two attached hydrogens (primary N) is 1. The predicted molar refractivity (Wildman–Crippen MR) is 78.3 cm³/mol. The summed E-state index contributed by atoms with van der Waals surface area (Å²) in [5, 5.41) is 8.80. The first-order valence-corrected chi connectivity index (χ1v) is 6.75. The number of hydrogen-bond donors (Lipinski definition) is 1. The van der Waals surface area contributed by atoms with Crippen molar-refractivity contribution in [1.29, 1.82) is 5.26 Å². The van der Waals surface area contributed by atoms with Crippen molar-refractivity contribution in [3.8, 4) is 11.8 Å². The van der Waals surface area contributed by atoms with Crippen molar-refractivity contribution in [3.05, 3.63) is 52.3 Å². The van der Waals surface area contributed by atoms with E-state index >= 15 is 0 Å². The highest BCUT2D eigenvalue weighted by molar-refractivity contribution is 6.00. The number of carbonyl (C=O) groups is 1. The highest BCUT2D eigenvalue weighted by Crippen LogP contribution is 2.39. The molecule has 120 valence electrons. The Labute approximate surface area is 130 Å². The van der Waals surface area contributed by atoms with Crippen LogP contribution in [0.5, 0.6) is 0 Å². The van der Waals surface area contributed by atoms with Crippen molar-refractivity contribution in [1.82, 2.24) is 4.57 Å². The van der Waals surface area contributed by atoms with Crippen LogP contribution in [-0.4, -0.2) is 16.9 Å². The second-order valence-electron chi connectivity index (χ2n) is 5.04. The van der Waals surface area contributed by atoms with Gasteiger partial charge < -0.3 is 10.3 Å². The smallest absolute Gasteiger partial charge is 0.324 e. The first kappa shape index (κ1) is 16.8. The largest absolute Gasteiger partial charge is 0.418 e. The molecule has 0 bridgehead atoms. The molecule has 4 nitrogen and oxygen atoms in total. The van der Waals surface area contributed by atoms with Crippen LogP contribution in [0.25, 0.3) is 5.69 Å². The summed E-state index contributed by atoms with van der Waals surface area (Å²) in [6.07, 6.45) is -4.66. The quantitative estimate of drug-likeness (QED) is 0.883. The summed E-state index contributed by atoms with van der Waals surface area (Å²) in [4.78, 5) is 11.9. The number of benzene rings is 1. The van der Waals surface area contributed by atoms with E-state index in [1.807, 2.05) is 6.07 Å². The van der Waals surface area contributed by atoms with Gasteiger partial charge in [0.25, 0.3) is 0 Å². The zero-order chi connectivity index (χ0) is 17.4. The van der Waals surface area contributed by atoms with Gasteiger partial charge in [0.05, 0.1) is 29.3 Å². The minimum atomic E-state index is -4.66. The van der Waals surface area contributed by atoms with E-state index < -0.39 is 29.6 Å². The predicted octanol–water partition coefficient (Wildman–Crippen LogP) is 3.13. The summed E-state index contributed by atoms with van der Waals surface area (Å²) in [7, 11) is 0. The summed E-state index contributed by atoms with van der Waals surface area (Å²) >= 11 is 0. The molecule has 0 aliphatic heterocycles. The van der Waals surface area contributed by atoms with E-state index in [0.717, 1.165) is 0 Å². The standard InChI is InChI=1S/C16H14F3N3O/c1-9-14(13(23)8-21)15(16(17,18)19)10(2)22(9)12-5-3-11(7-20)4-6-12/h3-6H,8,21H2,1-2H3. The topological polar surface area (TPSA) is 71.8 Å². The van der Waals surface area contributed by atoms with Crippen LogP contribution in [0.1, 0.15) is 32.9 Å². The Balaban J connectivity index is 2.77. The normalized spacial score (nSPS) is 11.3. The molecule has 1 aromatic carbocycles. The Morgan fingerprint density at radius 2 is 1.78 bits per heavy atom. The molecule has 2 rings (SSSR count). The number of hydrogen-bond acceptors (Lipinski definition) is 3. The second kappa shape index (κ2) is 5.89. The molecule has 1 aromatic heterocycles. The second-order valence-corrected chi connectivity index (χ2v) is 5.04. The Morgan fingerprint density at radius 1 is 1.22 bits per heavy atom. The van der Waals surface area contributed by atoms with E-state index in [1.165, 1.54) is 42.7 Å². The number of nitriles is 1. The maximum Gasteiger partial charge on any atom is 0.418 e. The number of rotatable bonds is 3. The van der Waals surface area contributed by atoms with Crippen molar-refractivity contribution in [3.63, 3.8) is 0 Å². The molecule has 0 saturated carbocycles. The van der Waals surface area contributed by atoms with Crippen molar-refractivity contribution in [2.75, 3.05) is 6.54 Å². The van der Waals surface area contributed by atoms with Gasteiger partial charge in [-0.15, -0.1) is 0 Å². The van der Waals surface area contributed by atoms with Gasteiger partial charge in [-0.25, -0.2) is 0 Å². The zero-order valence-electron chi connectivity index (χ0n) is 12.5. The molecule has 0 radical (unpaired) electrons. The van der Waals surface area contributed by atoms with Crippen LogP contribution in [0.2, 0.25) is 0 Å². The van der Waals surface area contributed by atoms with Crippen LogP contribution in [0.3, 0.4) is 0 Å².